The molecule has 6 aliphatic carbocycles. The van der Waals surface area contributed by atoms with Crippen molar-refractivity contribution in [2.45, 2.75) is 176 Å². The highest BCUT2D eigenvalue weighted by molar-refractivity contribution is 5.74. The van der Waals surface area contributed by atoms with Crippen LogP contribution in [-0.2, 0) is 19.1 Å². The normalized spacial score (nSPS) is 38.1. The quantitative estimate of drug-likeness (QED) is 0.0874. The predicted octanol–water partition coefficient (Wildman–Crippen LogP) is 11.8. The highest BCUT2D eigenvalue weighted by atomic mass is 16.5. The van der Waals surface area contributed by atoms with Gasteiger partial charge in [-0.15, -0.1) is 0 Å². The molecule has 4 unspecified atom stereocenters. The van der Waals surface area contributed by atoms with Crippen molar-refractivity contribution in [1.82, 2.24) is 0 Å². The molecule has 0 amide bonds. The smallest absolute Gasteiger partial charge is 0.309 e. The van der Waals surface area contributed by atoms with E-state index in [1.807, 2.05) is 0 Å². The highest BCUT2D eigenvalue weighted by Crippen LogP contribution is 2.67. The molecule has 0 aromatic heterocycles. The zero-order valence-corrected chi connectivity index (χ0v) is 32.2. The number of carbonyl (C=O) groups is 2. The third-order valence-corrected chi connectivity index (χ3v) is 15.4. The van der Waals surface area contributed by atoms with E-state index in [9.17, 15) is 9.59 Å². The van der Waals surface area contributed by atoms with E-state index in [2.05, 4.69) is 52.8 Å². The zero-order valence-electron chi connectivity index (χ0n) is 32.2. The largest absolute Gasteiger partial charge is 0.465 e. The highest BCUT2D eigenvalue weighted by Gasteiger charge is 2.59. The van der Waals surface area contributed by atoms with Gasteiger partial charge in [0.1, 0.15) is 6.10 Å². The molecular weight excluding hydrogens is 604 g/mol. The van der Waals surface area contributed by atoms with Gasteiger partial charge in [-0.05, 0) is 129 Å². The molecule has 49 heavy (non-hydrogen) atoms. The molecule has 0 spiro atoms. The Morgan fingerprint density at radius 2 is 1.61 bits per heavy atom. The van der Waals surface area contributed by atoms with Gasteiger partial charge in [0.25, 0.3) is 0 Å². The van der Waals surface area contributed by atoms with Crippen LogP contribution in [0.3, 0.4) is 0 Å². The minimum absolute atomic E-state index is 0.0172. The molecule has 276 valence electrons. The third-order valence-electron chi connectivity index (χ3n) is 15.4. The van der Waals surface area contributed by atoms with E-state index in [0.29, 0.717) is 35.7 Å². The molecule has 0 aromatic carbocycles. The molecule has 4 heteroatoms. The first-order valence-electron chi connectivity index (χ1n) is 21.3. The van der Waals surface area contributed by atoms with Crippen molar-refractivity contribution in [2.75, 3.05) is 6.61 Å². The molecule has 0 radical (unpaired) electrons. The lowest BCUT2D eigenvalue weighted by molar-refractivity contribution is -0.152. The Morgan fingerprint density at radius 1 is 0.837 bits per heavy atom. The van der Waals surface area contributed by atoms with Gasteiger partial charge in [0.05, 0.1) is 12.5 Å². The van der Waals surface area contributed by atoms with Crippen LogP contribution in [0.1, 0.15) is 169 Å². The summed E-state index contributed by atoms with van der Waals surface area (Å²) in [5.74, 6) is 6.38. The van der Waals surface area contributed by atoms with Crippen LogP contribution in [0.2, 0.25) is 0 Å². The van der Waals surface area contributed by atoms with Crippen molar-refractivity contribution in [1.29, 1.82) is 0 Å². The molecule has 2 bridgehead atoms. The monoisotopic (exact) mass is 677 g/mol. The maximum atomic E-state index is 12.8. The van der Waals surface area contributed by atoms with Crippen LogP contribution in [0.5, 0.6) is 0 Å². The molecule has 0 N–H and O–H groups in total. The number of esters is 2. The number of unbranched alkanes of at least 4 members (excludes halogenated alkanes) is 6. The minimum atomic E-state index is 0.0172. The number of hydrogen-bond acceptors (Lipinski definition) is 4. The summed E-state index contributed by atoms with van der Waals surface area (Å²) in [6, 6.07) is 0. The summed E-state index contributed by atoms with van der Waals surface area (Å²) in [6.07, 6.45) is 31.9. The fourth-order valence-corrected chi connectivity index (χ4v) is 12.6. The van der Waals surface area contributed by atoms with Gasteiger partial charge >= 0.3 is 11.9 Å². The van der Waals surface area contributed by atoms with Crippen LogP contribution in [-0.4, -0.2) is 24.6 Å². The summed E-state index contributed by atoms with van der Waals surface area (Å²) in [6.45, 7) is 13.2. The molecule has 6 rings (SSSR count). The Labute approximate surface area is 300 Å². The average molecular weight is 677 g/mol. The Hall–Kier alpha value is -1.58. The number of fused-ring (bicyclic) bond motifs is 7. The van der Waals surface area contributed by atoms with Gasteiger partial charge in [0.2, 0.25) is 0 Å². The van der Waals surface area contributed by atoms with E-state index in [-0.39, 0.29) is 24.0 Å². The SMILES string of the molecule is CC(C)CCC[C@@H](C)[C@H]1CC[C@H]2[C@@H]3CC=C4CC(OC(=O)CCCCCCCCCOC(=O)C5CC6C=CC5C6)CC[C@]4(C)[C@H]3CC[C@]12C. The van der Waals surface area contributed by atoms with Crippen LogP contribution in [0.15, 0.2) is 23.8 Å². The lowest BCUT2D eigenvalue weighted by atomic mass is 9.47. The van der Waals surface area contributed by atoms with Gasteiger partial charge in [-0.2, -0.15) is 0 Å². The number of ether oxygens (including phenoxy) is 2. The fourth-order valence-electron chi connectivity index (χ4n) is 12.6. The van der Waals surface area contributed by atoms with Gasteiger partial charge in [0.15, 0.2) is 0 Å². The summed E-state index contributed by atoms with van der Waals surface area (Å²) in [5, 5.41) is 0. The topological polar surface area (TPSA) is 52.6 Å². The lowest BCUT2D eigenvalue weighted by Crippen LogP contribution is -2.51. The van der Waals surface area contributed by atoms with Crippen LogP contribution in [0, 0.1) is 64.1 Å². The van der Waals surface area contributed by atoms with Gasteiger partial charge in [-0.3, -0.25) is 9.59 Å². The maximum absolute atomic E-state index is 12.8. The van der Waals surface area contributed by atoms with E-state index < -0.39 is 0 Å². The van der Waals surface area contributed by atoms with E-state index >= 15 is 0 Å². The van der Waals surface area contributed by atoms with E-state index in [4.69, 9.17) is 9.47 Å². The molecule has 11 atom stereocenters. The predicted molar refractivity (Wildman–Crippen MR) is 200 cm³/mol. The molecule has 0 heterocycles. The second kappa shape index (κ2) is 16.4. The Balaban J connectivity index is 0.851. The molecule has 0 aliphatic heterocycles. The first-order chi connectivity index (χ1) is 23.6. The summed E-state index contributed by atoms with van der Waals surface area (Å²) in [7, 11) is 0. The summed E-state index contributed by atoms with van der Waals surface area (Å²) in [4.78, 5) is 25.2. The van der Waals surface area contributed by atoms with Crippen molar-refractivity contribution in [3.63, 3.8) is 0 Å². The molecule has 4 saturated carbocycles. The minimum Gasteiger partial charge on any atom is -0.465 e. The van der Waals surface area contributed by atoms with E-state index in [1.165, 1.54) is 77.0 Å². The van der Waals surface area contributed by atoms with Crippen molar-refractivity contribution in [2.24, 2.45) is 64.1 Å². The Kier molecular flexibility index (Phi) is 12.4. The summed E-state index contributed by atoms with van der Waals surface area (Å²) < 4.78 is 11.7. The van der Waals surface area contributed by atoms with Crippen molar-refractivity contribution >= 4 is 11.9 Å². The van der Waals surface area contributed by atoms with E-state index in [0.717, 1.165) is 86.9 Å². The Bertz CT molecular complexity index is 1180. The summed E-state index contributed by atoms with van der Waals surface area (Å²) >= 11 is 0. The second-order valence-electron chi connectivity index (χ2n) is 18.9. The Morgan fingerprint density at radius 3 is 2.35 bits per heavy atom. The van der Waals surface area contributed by atoms with Gasteiger partial charge < -0.3 is 9.47 Å². The molecule has 4 nitrogen and oxygen atoms in total. The van der Waals surface area contributed by atoms with E-state index in [1.54, 1.807) is 5.57 Å². The third kappa shape index (κ3) is 8.40. The van der Waals surface area contributed by atoms with Gasteiger partial charge in [0, 0.05) is 12.8 Å². The van der Waals surface area contributed by atoms with Crippen molar-refractivity contribution in [3.05, 3.63) is 23.8 Å². The molecule has 4 fully saturated rings. The molecule has 0 saturated heterocycles. The zero-order chi connectivity index (χ0) is 34.6. The number of carbonyl (C=O) groups excluding carboxylic acids is 2. The van der Waals surface area contributed by atoms with Crippen molar-refractivity contribution < 1.29 is 19.1 Å². The van der Waals surface area contributed by atoms with Crippen LogP contribution in [0.4, 0.5) is 0 Å². The standard InChI is InChI=1S/C45H72O4/c1-31(2)14-13-15-32(3)39-21-22-40-37-20-19-35-30-36(23-25-44(35,4)41(37)24-26-45(39,40)5)49-42(46)16-11-9-7-6-8-10-12-27-48-43(47)38-29-33-17-18-34(38)28-33/h17-19,31-34,36-41H,6-16,20-30H2,1-5H3/t32-,33?,34?,36?,37+,38?,39-,40+,41+,44+,45-/m1/s1. The first-order valence-corrected chi connectivity index (χ1v) is 21.3. The second-order valence-corrected chi connectivity index (χ2v) is 18.9. The number of allylic oxidation sites excluding steroid dienone is 3. The average Bonchev–Trinajstić information content (AvgIpc) is 3.80. The molecule has 6 aliphatic rings. The van der Waals surface area contributed by atoms with Crippen LogP contribution in [0.25, 0.3) is 0 Å². The fraction of sp³-hybridized carbons (Fsp3) is 0.867. The molecule has 0 aromatic rings. The van der Waals surface area contributed by atoms with Gasteiger partial charge in [-0.1, -0.05) is 110 Å². The molecular formula is C45H72O4. The number of rotatable bonds is 17. The summed E-state index contributed by atoms with van der Waals surface area (Å²) in [5.41, 5.74) is 2.47. The maximum Gasteiger partial charge on any atom is 0.309 e. The van der Waals surface area contributed by atoms with Crippen LogP contribution < -0.4 is 0 Å². The van der Waals surface area contributed by atoms with Gasteiger partial charge in [-0.25, -0.2) is 0 Å². The number of hydrogen-bond donors (Lipinski definition) is 0. The first kappa shape index (κ1) is 37.2. The van der Waals surface area contributed by atoms with Crippen molar-refractivity contribution in [3.8, 4) is 0 Å². The lowest BCUT2D eigenvalue weighted by Gasteiger charge is -2.58. The van der Waals surface area contributed by atoms with Crippen LogP contribution >= 0.6 is 0 Å².